The summed E-state index contributed by atoms with van der Waals surface area (Å²) in [4.78, 5) is 24.6. The number of nitrogens with zero attached hydrogens (tertiary/aromatic N) is 1. The molecule has 3 N–H and O–H groups in total. The molecule has 1 saturated heterocycles. The number of carbonyl (C=O) groups excluding carboxylic acids is 2. The Hall–Kier alpha value is -1.60. The zero-order valence-electron chi connectivity index (χ0n) is 20.3. The van der Waals surface area contributed by atoms with Gasteiger partial charge in [-0.05, 0) is 73.6 Å². The van der Waals surface area contributed by atoms with Crippen LogP contribution in [0.3, 0.4) is 0 Å². The second-order valence-corrected chi connectivity index (χ2v) is 11.1. The number of hydrogen-bond acceptors (Lipinski definition) is 5. The molecule has 1 aliphatic rings. The summed E-state index contributed by atoms with van der Waals surface area (Å²) in [5.41, 5.74) is -1.37. The van der Waals surface area contributed by atoms with E-state index in [4.69, 9.17) is 4.74 Å². The minimum absolute atomic E-state index is 0.00523. The number of hydroxylamine groups is 2. The maximum atomic E-state index is 12.5. The van der Waals surface area contributed by atoms with E-state index in [0.717, 1.165) is 6.42 Å². The number of piperidine rings is 1. The van der Waals surface area contributed by atoms with Crippen molar-refractivity contribution >= 4 is 12.0 Å². The van der Waals surface area contributed by atoms with Crippen molar-refractivity contribution in [2.45, 2.75) is 117 Å². The molecule has 0 radical (unpaired) electrons. The molecule has 1 aliphatic heterocycles. The molecule has 2 amide bonds. The number of carbonyl (C=O) groups is 2. The van der Waals surface area contributed by atoms with Crippen LogP contribution in [0.4, 0.5) is 4.79 Å². The second-order valence-electron chi connectivity index (χ2n) is 11.1. The van der Waals surface area contributed by atoms with Gasteiger partial charge in [-0.15, -0.1) is 0 Å². The summed E-state index contributed by atoms with van der Waals surface area (Å²) in [5.74, 6) is 0.325. The SMILES string of the molecule is CC(C)C[C@H](C=CCC(=O)NC1CC(C)(C)N(O)C(C)(C)C1)NC(=O)OC(C)(C)C. The number of rotatable bonds is 7. The van der Waals surface area contributed by atoms with Gasteiger partial charge in [-0.1, -0.05) is 26.0 Å². The molecule has 1 heterocycles. The van der Waals surface area contributed by atoms with E-state index in [0.29, 0.717) is 18.8 Å². The van der Waals surface area contributed by atoms with E-state index in [1.165, 1.54) is 5.06 Å². The van der Waals surface area contributed by atoms with Gasteiger partial charge >= 0.3 is 6.09 Å². The van der Waals surface area contributed by atoms with Gasteiger partial charge in [-0.3, -0.25) is 4.79 Å². The van der Waals surface area contributed by atoms with Gasteiger partial charge in [0.2, 0.25) is 5.91 Å². The van der Waals surface area contributed by atoms with Gasteiger partial charge in [0.15, 0.2) is 0 Å². The fraction of sp³-hybridized carbons (Fsp3) is 0.826. The van der Waals surface area contributed by atoms with Crippen LogP contribution in [-0.4, -0.2) is 51.0 Å². The lowest BCUT2D eigenvalue weighted by atomic mass is 9.79. The third-order valence-electron chi connectivity index (χ3n) is 5.10. The van der Waals surface area contributed by atoms with Crippen LogP contribution in [0.2, 0.25) is 0 Å². The van der Waals surface area contributed by atoms with Gasteiger partial charge < -0.3 is 20.6 Å². The zero-order valence-corrected chi connectivity index (χ0v) is 20.3. The third-order valence-corrected chi connectivity index (χ3v) is 5.10. The highest BCUT2D eigenvalue weighted by Crippen LogP contribution is 2.36. The predicted octanol–water partition coefficient (Wildman–Crippen LogP) is 4.40. The van der Waals surface area contributed by atoms with Crippen LogP contribution in [0.1, 0.15) is 88.0 Å². The molecular formula is C23H43N3O4. The molecule has 7 heteroatoms. The molecule has 0 aromatic carbocycles. The van der Waals surface area contributed by atoms with E-state index in [1.807, 2.05) is 54.5 Å². The van der Waals surface area contributed by atoms with Gasteiger partial charge in [0.25, 0.3) is 0 Å². The maximum absolute atomic E-state index is 12.5. The van der Waals surface area contributed by atoms with Gasteiger partial charge in [-0.25, -0.2) is 4.79 Å². The summed E-state index contributed by atoms with van der Waals surface area (Å²) in [6.07, 6.45) is 5.57. The van der Waals surface area contributed by atoms with Crippen LogP contribution in [0.5, 0.6) is 0 Å². The monoisotopic (exact) mass is 425 g/mol. The summed E-state index contributed by atoms with van der Waals surface area (Å²) in [6, 6.07) is -0.186. The lowest BCUT2D eigenvalue weighted by Gasteiger charge is -2.51. The fourth-order valence-electron chi connectivity index (χ4n) is 4.15. The first-order valence-corrected chi connectivity index (χ1v) is 11.0. The summed E-state index contributed by atoms with van der Waals surface area (Å²) >= 11 is 0. The Labute approximate surface area is 182 Å². The Morgan fingerprint density at radius 1 is 1.17 bits per heavy atom. The molecule has 0 spiro atoms. The largest absolute Gasteiger partial charge is 0.444 e. The minimum atomic E-state index is -0.554. The van der Waals surface area contributed by atoms with Crippen LogP contribution in [-0.2, 0) is 9.53 Å². The van der Waals surface area contributed by atoms with Crippen molar-refractivity contribution in [3.05, 3.63) is 12.2 Å². The van der Waals surface area contributed by atoms with Crippen LogP contribution in [0, 0.1) is 5.92 Å². The lowest BCUT2D eigenvalue weighted by Crippen LogP contribution is -2.62. The van der Waals surface area contributed by atoms with E-state index in [1.54, 1.807) is 6.08 Å². The Morgan fingerprint density at radius 2 is 1.70 bits per heavy atom. The third kappa shape index (κ3) is 9.04. The molecule has 0 aliphatic carbocycles. The molecule has 0 unspecified atom stereocenters. The van der Waals surface area contributed by atoms with Gasteiger partial charge in [0.1, 0.15) is 5.60 Å². The van der Waals surface area contributed by atoms with Gasteiger partial charge in [-0.2, -0.15) is 5.06 Å². The number of hydrogen-bond donors (Lipinski definition) is 3. The van der Waals surface area contributed by atoms with E-state index in [9.17, 15) is 14.8 Å². The molecule has 0 saturated carbocycles. The number of ether oxygens (including phenoxy) is 1. The Morgan fingerprint density at radius 3 is 2.17 bits per heavy atom. The molecule has 7 nitrogen and oxygen atoms in total. The standard InChI is InChI=1S/C23H43N3O4/c1-16(2)13-17(25-20(28)30-21(3,4)5)11-10-12-19(27)24-18-14-22(6,7)26(29)23(8,9)15-18/h10-11,16-18,29H,12-15H2,1-9H3,(H,24,27)(H,25,28)/t17-/m0/s1. The van der Waals surface area contributed by atoms with E-state index in [2.05, 4.69) is 24.5 Å². The minimum Gasteiger partial charge on any atom is -0.444 e. The molecule has 174 valence electrons. The first-order chi connectivity index (χ1) is 13.5. The van der Waals surface area contributed by atoms with E-state index >= 15 is 0 Å². The normalized spacial score (nSPS) is 20.9. The number of alkyl carbamates (subject to hydrolysis) is 1. The van der Waals surface area contributed by atoms with E-state index in [-0.39, 0.29) is 24.4 Å². The van der Waals surface area contributed by atoms with Crippen molar-refractivity contribution in [1.29, 1.82) is 0 Å². The van der Waals surface area contributed by atoms with Gasteiger partial charge in [0.05, 0.1) is 6.04 Å². The van der Waals surface area contributed by atoms with Crippen molar-refractivity contribution in [3.63, 3.8) is 0 Å². The Balaban J connectivity index is 2.63. The topological polar surface area (TPSA) is 90.9 Å². The van der Waals surface area contributed by atoms with Crippen molar-refractivity contribution in [2.75, 3.05) is 0 Å². The summed E-state index contributed by atoms with van der Waals surface area (Å²) in [5, 5.41) is 17.8. The number of nitrogens with one attached hydrogen (secondary N) is 2. The first kappa shape index (κ1) is 26.4. The molecule has 0 aromatic rings. The van der Waals surface area contributed by atoms with Crippen LogP contribution in [0.25, 0.3) is 0 Å². The highest BCUT2D eigenvalue weighted by atomic mass is 16.6. The lowest BCUT2D eigenvalue weighted by molar-refractivity contribution is -0.246. The van der Waals surface area contributed by atoms with Crippen LogP contribution in [0.15, 0.2) is 12.2 Å². The first-order valence-electron chi connectivity index (χ1n) is 11.0. The van der Waals surface area contributed by atoms with Crippen molar-refractivity contribution in [2.24, 2.45) is 5.92 Å². The van der Waals surface area contributed by atoms with Gasteiger partial charge in [0, 0.05) is 23.5 Å². The molecule has 1 fully saturated rings. The molecule has 1 atom stereocenters. The smallest absolute Gasteiger partial charge is 0.408 e. The van der Waals surface area contributed by atoms with E-state index < -0.39 is 22.8 Å². The number of amides is 2. The molecule has 0 aromatic heterocycles. The highest BCUT2D eigenvalue weighted by Gasteiger charge is 2.45. The summed E-state index contributed by atoms with van der Waals surface area (Å²) < 4.78 is 5.34. The quantitative estimate of drug-likeness (QED) is 0.526. The Kier molecular flexibility index (Phi) is 8.93. The van der Waals surface area contributed by atoms with Crippen LogP contribution >= 0.6 is 0 Å². The summed E-state index contributed by atoms with van der Waals surface area (Å²) in [7, 11) is 0. The molecule has 30 heavy (non-hydrogen) atoms. The average Bonchev–Trinajstić information content (AvgIpc) is 2.49. The molecular weight excluding hydrogens is 382 g/mol. The molecule has 0 bridgehead atoms. The maximum Gasteiger partial charge on any atom is 0.408 e. The molecule has 1 rings (SSSR count). The average molecular weight is 426 g/mol. The second kappa shape index (κ2) is 10.1. The zero-order chi connectivity index (χ0) is 23.3. The highest BCUT2D eigenvalue weighted by molar-refractivity contribution is 5.77. The van der Waals surface area contributed by atoms with Crippen molar-refractivity contribution in [3.8, 4) is 0 Å². The van der Waals surface area contributed by atoms with Crippen LogP contribution < -0.4 is 10.6 Å². The summed E-state index contributed by atoms with van der Waals surface area (Å²) in [6.45, 7) is 17.6. The van der Waals surface area contributed by atoms with Crippen molar-refractivity contribution < 1.29 is 19.5 Å². The predicted molar refractivity (Wildman–Crippen MR) is 119 cm³/mol. The fourth-order valence-corrected chi connectivity index (χ4v) is 4.15. The Bertz CT molecular complexity index is 602. The van der Waals surface area contributed by atoms with Crippen molar-refractivity contribution in [1.82, 2.24) is 15.7 Å².